The molecule has 0 saturated carbocycles. The van der Waals surface area contributed by atoms with Crippen molar-refractivity contribution < 1.29 is 9.53 Å². The zero-order chi connectivity index (χ0) is 13.6. The second kappa shape index (κ2) is 4.58. The zero-order valence-electron chi connectivity index (χ0n) is 11.9. The van der Waals surface area contributed by atoms with E-state index in [1.807, 2.05) is 0 Å². The molecule has 4 heterocycles. The number of carbonyl (C=O) groups excluding carboxylic acids is 1. The minimum atomic E-state index is -0.00791. The summed E-state index contributed by atoms with van der Waals surface area (Å²) in [6.07, 6.45) is 4.57. The van der Waals surface area contributed by atoms with Gasteiger partial charge in [-0.1, -0.05) is 0 Å². The van der Waals surface area contributed by atoms with Crippen molar-refractivity contribution in [1.29, 1.82) is 0 Å². The summed E-state index contributed by atoms with van der Waals surface area (Å²) in [6.45, 7) is 5.81. The van der Waals surface area contributed by atoms with Crippen molar-refractivity contribution in [2.24, 2.45) is 0 Å². The van der Waals surface area contributed by atoms with E-state index in [4.69, 9.17) is 4.74 Å². The summed E-state index contributed by atoms with van der Waals surface area (Å²) in [5.74, 6) is 0. The molecule has 4 aliphatic rings. The summed E-state index contributed by atoms with van der Waals surface area (Å²) in [7, 11) is 0. The molecule has 4 rings (SSSR count). The molecule has 112 valence electrons. The number of carbonyl (C=O) groups is 1. The molecular weight excluding hydrogens is 256 g/mol. The molecule has 0 aromatic carbocycles. The zero-order valence-corrected chi connectivity index (χ0v) is 11.9. The number of hydrogen-bond acceptors (Lipinski definition) is 4. The minimum Gasteiger partial charge on any atom is -0.375 e. The molecule has 6 heteroatoms. The van der Waals surface area contributed by atoms with Crippen LogP contribution in [0.4, 0.5) is 4.79 Å². The number of amides is 2. The smallest absolute Gasteiger partial charge is 0.315 e. The van der Waals surface area contributed by atoms with E-state index in [0.29, 0.717) is 6.04 Å². The van der Waals surface area contributed by atoms with Crippen LogP contribution in [0.5, 0.6) is 0 Å². The van der Waals surface area contributed by atoms with Gasteiger partial charge in [0.05, 0.1) is 11.1 Å². The van der Waals surface area contributed by atoms with Crippen molar-refractivity contribution in [3.05, 3.63) is 0 Å². The summed E-state index contributed by atoms with van der Waals surface area (Å²) >= 11 is 0. The van der Waals surface area contributed by atoms with Crippen LogP contribution in [0.2, 0.25) is 0 Å². The van der Waals surface area contributed by atoms with Gasteiger partial charge in [-0.25, -0.2) is 4.79 Å². The van der Waals surface area contributed by atoms with Crippen molar-refractivity contribution in [3.8, 4) is 0 Å². The van der Waals surface area contributed by atoms with Crippen molar-refractivity contribution in [2.45, 2.75) is 42.9 Å². The molecule has 0 bridgehead atoms. The third kappa shape index (κ3) is 2.10. The number of urea groups is 1. The molecule has 3 N–H and O–H groups in total. The number of nitrogens with zero attached hydrogens (tertiary/aromatic N) is 1. The third-order valence-electron chi connectivity index (χ3n) is 5.48. The van der Waals surface area contributed by atoms with Crippen LogP contribution >= 0.6 is 0 Å². The Morgan fingerprint density at radius 2 is 2.05 bits per heavy atom. The van der Waals surface area contributed by atoms with Crippen LogP contribution in [-0.4, -0.2) is 67.4 Å². The first kappa shape index (κ1) is 12.9. The topological polar surface area (TPSA) is 65.6 Å². The fourth-order valence-electron chi connectivity index (χ4n) is 4.30. The molecule has 1 atom stereocenters. The van der Waals surface area contributed by atoms with Crippen LogP contribution < -0.4 is 16.0 Å². The summed E-state index contributed by atoms with van der Waals surface area (Å²) in [5, 5.41) is 9.38. The Bertz CT molecular complexity index is 396. The van der Waals surface area contributed by atoms with Gasteiger partial charge in [-0.05, 0) is 38.8 Å². The van der Waals surface area contributed by atoms with Gasteiger partial charge < -0.3 is 20.7 Å². The fourth-order valence-corrected chi connectivity index (χ4v) is 4.30. The lowest BCUT2D eigenvalue weighted by molar-refractivity contribution is -0.134. The monoisotopic (exact) mass is 280 g/mol. The third-order valence-corrected chi connectivity index (χ3v) is 5.48. The number of likely N-dealkylation sites (tertiary alicyclic amines) is 1. The number of piperidine rings is 1. The van der Waals surface area contributed by atoms with Gasteiger partial charge in [0.1, 0.15) is 0 Å². The van der Waals surface area contributed by atoms with E-state index in [0.717, 1.165) is 65.0 Å². The van der Waals surface area contributed by atoms with Gasteiger partial charge in [0.2, 0.25) is 0 Å². The highest BCUT2D eigenvalue weighted by Crippen LogP contribution is 2.38. The second-order valence-corrected chi connectivity index (χ2v) is 6.92. The second-order valence-electron chi connectivity index (χ2n) is 6.92. The molecule has 0 aromatic heterocycles. The van der Waals surface area contributed by atoms with E-state index in [1.165, 1.54) is 0 Å². The van der Waals surface area contributed by atoms with Crippen LogP contribution in [0.3, 0.4) is 0 Å². The largest absolute Gasteiger partial charge is 0.375 e. The average Bonchev–Trinajstić information content (AvgIpc) is 2.80. The van der Waals surface area contributed by atoms with E-state index in [-0.39, 0.29) is 17.2 Å². The van der Waals surface area contributed by atoms with Crippen LogP contribution in [0.15, 0.2) is 0 Å². The average molecular weight is 280 g/mol. The van der Waals surface area contributed by atoms with Crippen molar-refractivity contribution >= 4 is 6.03 Å². The molecule has 20 heavy (non-hydrogen) atoms. The Balaban J connectivity index is 1.37. The highest BCUT2D eigenvalue weighted by Gasteiger charge is 2.51. The first-order valence-electron chi connectivity index (χ1n) is 7.84. The maximum Gasteiger partial charge on any atom is 0.315 e. The number of rotatable bonds is 1. The highest BCUT2D eigenvalue weighted by molar-refractivity contribution is 5.78. The van der Waals surface area contributed by atoms with E-state index >= 15 is 0 Å². The van der Waals surface area contributed by atoms with E-state index in [9.17, 15) is 4.79 Å². The molecule has 2 amide bonds. The number of ether oxygens (including phenoxy) is 1. The Hall–Kier alpha value is -0.850. The molecule has 2 spiro atoms. The van der Waals surface area contributed by atoms with E-state index < -0.39 is 0 Å². The van der Waals surface area contributed by atoms with Crippen molar-refractivity contribution in [1.82, 2.24) is 20.9 Å². The van der Waals surface area contributed by atoms with Gasteiger partial charge in [-0.15, -0.1) is 0 Å². The Labute approximate surface area is 119 Å². The number of nitrogens with one attached hydrogen (secondary N) is 3. The van der Waals surface area contributed by atoms with Gasteiger partial charge >= 0.3 is 6.03 Å². The van der Waals surface area contributed by atoms with Gasteiger partial charge in [-0.2, -0.15) is 0 Å². The van der Waals surface area contributed by atoms with Crippen LogP contribution in [0.25, 0.3) is 0 Å². The molecule has 0 aliphatic carbocycles. The first-order chi connectivity index (χ1) is 9.69. The summed E-state index contributed by atoms with van der Waals surface area (Å²) in [5.41, 5.74) is 0.130. The molecule has 4 saturated heterocycles. The predicted octanol–water partition coefficient (Wildman–Crippen LogP) is -0.345. The summed E-state index contributed by atoms with van der Waals surface area (Å²) < 4.78 is 6.14. The van der Waals surface area contributed by atoms with Gasteiger partial charge in [0, 0.05) is 32.3 Å². The maximum absolute atomic E-state index is 11.3. The molecule has 4 aliphatic heterocycles. The van der Waals surface area contributed by atoms with E-state index in [2.05, 4.69) is 20.9 Å². The SMILES string of the molecule is O=C1NCC2(CN(C3CCOC4(CCNCC4)C3)C2)N1. The van der Waals surface area contributed by atoms with Gasteiger partial charge in [0.25, 0.3) is 0 Å². The number of hydrogen-bond donors (Lipinski definition) is 3. The maximum atomic E-state index is 11.3. The Morgan fingerprint density at radius 1 is 1.25 bits per heavy atom. The minimum absolute atomic E-state index is 0.00791. The quantitative estimate of drug-likeness (QED) is 0.614. The molecular formula is C14H24N4O2. The lowest BCUT2D eigenvalue weighted by atomic mass is 9.79. The lowest BCUT2D eigenvalue weighted by Crippen LogP contribution is -2.72. The molecule has 0 radical (unpaired) electrons. The van der Waals surface area contributed by atoms with Crippen LogP contribution in [0.1, 0.15) is 25.7 Å². The van der Waals surface area contributed by atoms with Gasteiger partial charge in [-0.3, -0.25) is 4.90 Å². The fraction of sp³-hybridized carbons (Fsp3) is 0.929. The molecule has 0 aromatic rings. The normalized spacial score (nSPS) is 35.6. The summed E-state index contributed by atoms with van der Waals surface area (Å²) in [4.78, 5) is 13.9. The molecule has 1 unspecified atom stereocenters. The Kier molecular flexibility index (Phi) is 2.94. The summed E-state index contributed by atoms with van der Waals surface area (Å²) in [6, 6.07) is 0.622. The Morgan fingerprint density at radius 3 is 2.75 bits per heavy atom. The first-order valence-corrected chi connectivity index (χ1v) is 7.84. The highest BCUT2D eigenvalue weighted by atomic mass is 16.5. The van der Waals surface area contributed by atoms with Gasteiger partial charge in [0.15, 0.2) is 0 Å². The van der Waals surface area contributed by atoms with Crippen LogP contribution in [0, 0.1) is 0 Å². The van der Waals surface area contributed by atoms with E-state index in [1.54, 1.807) is 0 Å². The van der Waals surface area contributed by atoms with Crippen molar-refractivity contribution in [3.63, 3.8) is 0 Å². The predicted molar refractivity (Wildman–Crippen MR) is 74.6 cm³/mol. The van der Waals surface area contributed by atoms with Crippen molar-refractivity contribution in [2.75, 3.05) is 39.3 Å². The molecule has 4 fully saturated rings. The standard InChI is InChI=1S/C14H24N4O2/c19-12-16-8-13(17-12)9-18(10-13)11-1-6-20-14(7-11)2-4-15-5-3-14/h11,15H,1-10H2,(H2,16,17,19). The molecule has 6 nitrogen and oxygen atoms in total. The van der Waals surface area contributed by atoms with Crippen LogP contribution in [-0.2, 0) is 4.74 Å². The lowest BCUT2D eigenvalue weighted by Gasteiger charge is -2.54.